The molecular weight excluding hydrogens is 279 g/mol. The molecule has 0 aliphatic rings. The summed E-state index contributed by atoms with van der Waals surface area (Å²) in [5.74, 6) is -0.448. The third-order valence-corrected chi connectivity index (χ3v) is 3.18. The number of carbonyl (C=O) groups is 1. The van der Waals surface area contributed by atoms with E-state index in [1.54, 1.807) is 12.1 Å². The molecular formula is C15H14ClFN2O. The van der Waals surface area contributed by atoms with Gasteiger partial charge in [0.25, 0.3) is 5.91 Å². The highest BCUT2D eigenvalue weighted by Gasteiger charge is 2.06. The van der Waals surface area contributed by atoms with E-state index >= 15 is 0 Å². The Kier molecular flexibility index (Phi) is 4.69. The standard InChI is InChI=1S/C15H14ClFN2O/c1-10-8-13(17)3-2-11(10)4-7-19-15(20)12-5-6-18-14(16)9-12/h2-3,5-6,8-9H,4,7H2,1H3,(H,19,20). The lowest BCUT2D eigenvalue weighted by Crippen LogP contribution is -2.25. The monoisotopic (exact) mass is 292 g/mol. The van der Waals surface area contributed by atoms with Crippen LogP contribution in [0.4, 0.5) is 4.39 Å². The summed E-state index contributed by atoms with van der Waals surface area (Å²) in [6.07, 6.45) is 2.14. The number of aromatic nitrogens is 1. The molecule has 2 rings (SSSR count). The minimum Gasteiger partial charge on any atom is -0.352 e. The van der Waals surface area contributed by atoms with E-state index < -0.39 is 0 Å². The van der Waals surface area contributed by atoms with Crippen molar-refractivity contribution in [3.05, 3.63) is 64.2 Å². The fourth-order valence-corrected chi connectivity index (χ4v) is 2.07. The number of pyridine rings is 1. The number of hydrogen-bond donors (Lipinski definition) is 1. The summed E-state index contributed by atoms with van der Waals surface area (Å²) in [7, 11) is 0. The van der Waals surface area contributed by atoms with Crippen molar-refractivity contribution in [1.82, 2.24) is 10.3 Å². The van der Waals surface area contributed by atoms with Crippen LogP contribution in [0.5, 0.6) is 0 Å². The molecule has 104 valence electrons. The number of halogens is 2. The predicted octanol–water partition coefficient (Wildman–Crippen LogP) is 3.16. The van der Waals surface area contributed by atoms with Crippen LogP contribution in [0.3, 0.4) is 0 Å². The predicted molar refractivity (Wildman–Crippen MR) is 76.4 cm³/mol. The van der Waals surface area contributed by atoms with Gasteiger partial charge in [-0.25, -0.2) is 9.37 Å². The molecule has 2 aromatic rings. The first kappa shape index (κ1) is 14.5. The third kappa shape index (κ3) is 3.78. The lowest BCUT2D eigenvalue weighted by atomic mass is 10.1. The Labute approximate surface area is 121 Å². The van der Waals surface area contributed by atoms with Crippen LogP contribution in [0.15, 0.2) is 36.5 Å². The first-order valence-corrected chi connectivity index (χ1v) is 6.59. The fraction of sp³-hybridized carbons (Fsp3) is 0.200. The average molecular weight is 293 g/mol. The van der Waals surface area contributed by atoms with E-state index in [-0.39, 0.29) is 16.9 Å². The van der Waals surface area contributed by atoms with E-state index in [2.05, 4.69) is 10.3 Å². The molecule has 0 bridgehead atoms. The van der Waals surface area contributed by atoms with E-state index in [1.165, 1.54) is 24.4 Å². The highest BCUT2D eigenvalue weighted by molar-refractivity contribution is 6.29. The van der Waals surface area contributed by atoms with Crippen molar-refractivity contribution < 1.29 is 9.18 Å². The Bertz CT molecular complexity index is 631. The Morgan fingerprint density at radius 2 is 2.15 bits per heavy atom. The Morgan fingerprint density at radius 1 is 1.35 bits per heavy atom. The molecule has 0 saturated heterocycles. The SMILES string of the molecule is Cc1cc(F)ccc1CCNC(=O)c1ccnc(Cl)c1. The van der Waals surface area contributed by atoms with Crippen LogP contribution in [-0.2, 0) is 6.42 Å². The highest BCUT2D eigenvalue weighted by Crippen LogP contribution is 2.11. The molecule has 1 aromatic heterocycles. The van der Waals surface area contributed by atoms with Gasteiger partial charge in [0.15, 0.2) is 0 Å². The van der Waals surface area contributed by atoms with Crippen LogP contribution < -0.4 is 5.32 Å². The molecule has 1 aromatic carbocycles. The molecule has 0 unspecified atom stereocenters. The van der Waals surface area contributed by atoms with E-state index in [0.29, 0.717) is 18.5 Å². The van der Waals surface area contributed by atoms with Gasteiger partial charge in [-0.15, -0.1) is 0 Å². The zero-order valence-electron chi connectivity index (χ0n) is 11.0. The lowest BCUT2D eigenvalue weighted by molar-refractivity contribution is 0.0954. The summed E-state index contributed by atoms with van der Waals surface area (Å²) >= 11 is 5.73. The van der Waals surface area contributed by atoms with Gasteiger partial charge in [0, 0.05) is 18.3 Å². The Morgan fingerprint density at radius 3 is 2.85 bits per heavy atom. The van der Waals surface area contributed by atoms with Crippen LogP contribution in [0, 0.1) is 12.7 Å². The minimum atomic E-state index is -0.248. The molecule has 0 aliphatic heterocycles. The Hall–Kier alpha value is -1.94. The van der Waals surface area contributed by atoms with Crippen molar-refractivity contribution in [1.29, 1.82) is 0 Å². The van der Waals surface area contributed by atoms with E-state index in [1.807, 2.05) is 6.92 Å². The van der Waals surface area contributed by atoms with Gasteiger partial charge in [-0.2, -0.15) is 0 Å². The molecule has 0 fully saturated rings. The molecule has 1 N–H and O–H groups in total. The van der Waals surface area contributed by atoms with Gasteiger partial charge in [-0.05, 0) is 48.7 Å². The van der Waals surface area contributed by atoms with Crippen molar-refractivity contribution in [2.24, 2.45) is 0 Å². The number of carbonyl (C=O) groups excluding carboxylic acids is 1. The molecule has 0 aliphatic carbocycles. The van der Waals surface area contributed by atoms with Gasteiger partial charge in [-0.1, -0.05) is 17.7 Å². The zero-order valence-corrected chi connectivity index (χ0v) is 11.7. The summed E-state index contributed by atoms with van der Waals surface area (Å²) in [5, 5.41) is 3.08. The van der Waals surface area contributed by atoms with Gasteiger partial charge in [0.1, 0.15) is 11.0 Å². The molecule has 0 spiro atoms. The van der Waals surface area contributed by atoms with E-state index in [4.69, 9.17) is 11.6 Å². The average Bonchev–Trinajstić information content (AvgIpc) is 2.41. The second kappa shape index (κ2) is 6.48. The highest BCUT2D eigenvalue weighted by atomic mass is 35.5. The molecule has 1 heterocycles. The molecule has 0 saturated carbocycles. The summed E-state index contributed by atoms with van der Waals surface area (Å²) in [5.41, 5.74) is 2.37. The summed E-state index contributed by atoms with van der Waals surface area (Å²) < 4.78 is 13.0. The molecule has 0 atom stereocenters. The van der Waals surface area contributed by atoms with Crippen molar-refractivity contribution in [2.75, 3.05) is 6.54 Å². The maximum absolute atomic E-state index is 13.0. The van der Waals surface area contributed by atoms with Crippen molar-refractivity contribution in [3.8, 4) is 0 Å². The number of rotatable bonds is 4. The number of aryl methyl sites for hydroxylation is 1. The second-order valence-electron chi connectivity index (χ2n) is 4.44. The van der Waals surface area contributed by atoms with Crippen molar-refractivity contribution in [3.63, 3.8) is 0 Å². The number of hydrogen-bond acceptors (Lipinski definition) is 2. The quantitative estimate of drug-likeness (QED) is 0.880. The fourth-order valence-electron chi connectivity index (χ4n) is 1.90. The topological polar surface area (TPSA) is 42.0 Å². The van der Waals surface area contributed by atoms with Crippen LogP contribution in [0.25, 0.3) is 0 Å². The first-order chi connectivity index (χ1) is 9.56. The number of nitrogens with one attached hydrogen (secondary N) is 1. The molecule has 3 nitrogen and oxygen atoms in total. The van der Waals surface area contributed by atoms with Crippen molar-refractivity contribution >= 4 is 17.5 Å². The van der Waals surface area contributed by atoms with Crippen molar-refractivity contribution in [2.45, 2.75) is 13.3 Å². The van der Waals surface area contributed by atoms with Crippen LogP contribution in [0.2, 0.25) is 5.15 Å². The number of amides is 1. The van der Waals surface area contributed by atoms with Crippen LogP contribution in [-0.4, -0.2) is 17.4 Å². The Balaban J connectivity index is 1.91. The summed E-state index contributed by atoms with van der Waals surface area (Å²) in [4.78, 5) is 15.7. The van der Waals surface area contributed by atoms with Crippen LogP contribution >= 0.6 is 11.6 Å². The van der Waals surface area contributed by atoms with Gasteiger partial charge in [-0.3, -0.25) is 4.79 Å². The number of nitrogens with zero attached hydrogens (tertiary/aromatic N) is 1. The maximum Gasteiger partial charge on any atom is 0.251 e. The minimum absolute atomic E-state index is 0.200. The normalized spacial score (nSPS) is 10.3. The summed E-state index contributed by atoms with van der Waals surface area (Å²) in [6, 6.07) is 7.76. The van der Waals surface area contributed by atoms with Gasteiger partial charge in [0.05, 0.1) is 0 Å². The van der Waals surface area contributed by atoms with E-state index in [0.717, 1.165) is 11.1 Å². The first-order valence-electron chi connectivity index (χ1n) is 6.21. The van der Waals surface area contributed by atoms with Gasteiger partial charge >= 0.3 is 0 Å². The zero-order chi connectivity index (χ0) is 14.5. The molecule has 0 radical (unpaired) electrons. The van der Waals surface area contributed by atoms with E-state index in [9.17, 15) is 9.18 Å². The van der Waals surface area contributed by atoms with Crippen LogP contribution in [0.1, 0.15) is 21.5 Å². The number of benzene rings is 1. The molecule has 1 amide bonds. The molecule has 20 heavy (non-hydrogen) atoms. The smallest absolute Gasteiger partial charge is 0.251 e. The third-order valence-electron chi connectivity index (χ3n) is 2.97. The second-order valence-corrected chi connectivity index (χ2v) is 4.83. The van der Waals surface area contributed by atoms with Gasteiger partial charge in [0.2, 0.25) is 0 Å². The molecule has 5 heteroatoms. The maximum atomic E-state index is 13.0. The van der Waals surface area contributed by atoms with Gasteiger partial charge < -0.3 is 5.32 Å². The summed E-state index contributed by atoms with van der Waals surface area (Å²) in [6.45, 7) is 2.33. The largest absolute Gasteiger partial charge is 0.352 e. The lowest BCUT2D eigenvalue weighted by Gasteiger charge is -2.08.